The maximum Gasteiger partial charge on any atom is 0.573 e. The highest BCUT2D eigenvalue weighted by Crippen LogP contribution is 2.30. The molecule has 0 aliphatic rings. The lowest BCUT2D eigenvalue weighted by Gasteiger charge is -2.09. The van der Waals surface area contributed by atoms with Crippen LogP contribution in [0.3, 0.4) is 0 Å². The van der Waals surface area contributed by atoms with Crippen LogP contribution in [0, 0.1) is 0 Å². The number of alkyl halides is 3. The molecule has 1 aromatic carbocycles. The second kappa shape index (κ2) is 4.93. The Balaban J connectivity index is 2.29. The molecule has 0 radical (unpaired) electrons. The van der Waals surface area contributed by atoms with Gasteiger partial charge < -0.3 is 10.5 Å². The Morgan fingerprint density at radius 2 is 1.95 bits per heavy atom. The van der Waals surface area contributed by atoms with Crippen molar-refractivity contribution in [1.82, 2.24) is 0 Å². The van der Waals surface area contributed by atoms with Gasteiger partial charge in [-0.25, -0.2) is 0 Å². The van der Waals surface area contributed by atoms with Gasteiger partial charge in [0, 0.05) is 0 Å². The Hall–Kier alpha value is -2.02. The van der Waals surface area contributed by atoms with E-state index in [0.29, 0.717) is 16.0 Å². The summed E-state index contributed by atoms with van der Waals surface area (Å²) >= 11 is 1.13. The van der Waals surface area contributed by atoms with Crippen LogP contribution >= 0.6 is 11.3 Å². The summed E-state index contributed by atoms with van der Waals surface area (Å²) in [4.78, 5) is 11.3. The third-order valence-electron chi connectivity index (χ3n) is 2.24. The van der Waals surface area contributed by atoms with Gasteiger partial charge in [-0.2, -0.15) is 0 Å². The molecule has 100 valence electrons. The van der Waals surface area contributed by atoms with Crippen molar-refractivity contribution in [2.45, 2.75) is 6.36 Å². The Morgan fingerprint density at radius 1 is 1.21 bits per heavy atom. The van der Waals surface area contributed by atoms with E-state index in [-0.39, 0.29) is 5.75 Å². The Morgan fingerprint density at radius 3 is 2.53 bits per heavy atom. The highest BCUT2D eigenvalue weighted by molar-refractivity contribution is 7.12. The lowest BCUT2D eigenvalue weighted by molar-refractivity contribution is -0.274. The van der Waals surface area contributed by atoms with Gasteiger partial charge in [-0.1, -0.05) is 12.1 Å². The van der Waals surface area contributed by atoms with E-state index < -0.39 is 12.3 Å². The minimum atomic E-state index is -4.73. The molecule has 0 saturated carbocycles. The van der Waals surface area contributed by atoms with Gasteiger partial charge in [0.05, 0.1) is 4.88 Å². The molecule has 0 spiro atoms. The number of ether oxygens (including phenoxy) is 1. The summed E-state index contributed by atoms with van der Waals surface area (Å²) in [5, 5.41) is 1.65. The highest BCUT2D eigenvalue weighted by Gasteiger charge is 2.31. The zero-order valence-electron chi connectivity index (χ0n) is 9.40. The van der Waals surface area contributed by atoms with Crippen LogP contribution in [0.5, 0.6) is 5.75 Å². The van der Waals surface area contributed by atoms with Gasteiger partial charge in [0.2, 0.25) is 0 Å². The maximum atomic E-state index is 12.1. The molecule has 2 N–H and O–H groups in total. The first kappa shape index (κ1) is 13.4. The van der Waals surface area contributed by atoms with E-state index >= 15 is 0 Å². The van der Waals surface area contributed by atoms with E-state index in [0.717, 1.165) is 11.3 Å². The Kier molecular flexibility index (Phi) is 3.48. The largest absolute Gasteiger partial charge is 0.573 e. The van der Waals surface area contributed by atoms with Gasteiger partial charge in [0.15, 0.2) is 0 Å². The Labute approximate surface area is 110 Å². The number of primary amides is 1. The molecule has 0 bridgehead atoms. The van der Waals surface area contributed by atoms with E-state index in [4.69, 9.17) is 5.73 Å². The van der Waals surface area contributed by atoms with Gasteiger partial charge in [0.1, 0.15) is 5.75 Å². The molecule has 0 unspecified atom stereocenters. The summed E-state index contributed by atoms with van der Waals surface area (Å²) in [5.74, 6) is -0.879. The quantitative estimate of drug-likeness (QED) is 0.940. The van der Waals surface area contributed by atoms with Crippen LogP contribution in [0.4, 0.5) is 13.2 Å². The molecule has 1 amide bonds. The highest BCUT2D eigenvalue weighted by atomic mass is 32.1. The molecule has 0 aliphatic carbocycles. The third kappa shape index (κ3) is 3.47. The molecule has 2 aromatic rings. The molecule has 0 atom stereocenters. The number of benzene rings is 1. The van der Waals surface area contributed by atoms with E-state index in [1.54, 1.807) is 11.4 Å². The smallest absolute Gasteiger partial charge is 0.406 e. The van der Waals surface area contributed by atoms with Crippen molar-refractivity contribution in [3.05, 3.63) is 40.6 Å². The normalized spacial score (nSPS) is 11.3. The first-order chi connectivity index (χ1) is 8.85. The number of carbonyl (C=O) groups excluding carboxylic acids is 1. The fraction of sp³-hybridized carbons (Fsp3) is 0.0833. The van der Waals surface area contributed by atoms with Crippen LogP contribution in [0.15, 0.2) is 35.7 Å². The Bertz CT molecular complexity index is 607. The second-order valence-electron chi connectivity index (χ2n) is 3.64. The van der Waals surface area contributed by atoms with Gasteiger partial charge in [-0.15, -0.1) is 24.5 Å². The molecule has 0 aliphatic heterocycles. The van der Waals surface area contributed by atoms with E-state index in [1.807, 2.05) is 0 Å². The number of rotatable bonds is 3. The zero-order valence-corrected chi connectivity index (χ0v) is 10.2. The number of hydrogen-bond donors (Lipinski definition) is 1. The van der Waals surface area contributed by atoms with Crippen molar-refractivity contribution >= 4 is 17.2 Å². The number of carbonyl (C=O) groups is 1. The monoisotopic (exact) mass is 287 g/mol. The molecule has 7 heteroatoms. The number of hydrogen-bond acceptors (Lipinski definition) is 3. The minimum Gasteiger partial charge on any atom is -0.406 e. The molecule has 1 aromatic heterocycles. The summed E-state index contributed by atoms with van der Waals surface area (Å²) in [6.45, 7) is 0. The average Bonchev–Trinajstić information content (AvgIpc) is 2.76. The molecule has 0 fully saturated rings. The fourth-order valence-electron chi connectivity index (χ4n) is 1.49. The first-order valence-corrected chi connectivity index (χ1v) is 5.97. The summed E-state index contributed by atoms with van der Waals surface area (Å²) in [7, 11) is 0. The molecular formula is C12H8F3NO2S. The fourth-order valence-corrected chi connectivity index (χ4v) is 2.26. The molecule has 3 nitrogen and oxygen atoms in total. The third-order valence-corrected chi connectivity index (χ3v) is 3.19. The van der Waals surface area contributed by atoms with Crippen molar-refractivity contribution < 1.29 is 22.7 Å². The van der Waals surface area contributed by atoms with Gasteiger partial charge in [-0.3, -0.25) is 4.79 Å². The topological polar surface area (TPSA) is 52.3 Å². The SMILES string of the molecule is NC(=O)c1cc(-c2cccc(OC(F)(F)F)c2)cs1. The maximum absolute atomic E-state index is 12.1. The van der Waals surface area contributed by atoms with Crippen LogP contribution < -0.4 is 10.5 Å². The molecule has 0 saturated heterocycles. The van der Waals surface area contributed by atoms with Gasteiger partial charge in [-0.05, 0) is 34.7 Å². The van der Waals surface area contributed by atoms with E-state index in [1.165, 1.54) is 24.3 Å². The van der Waals surface area contributed by atoms with Crippen LogP contribution in [-0.4, -0.2) is 12.3 Å². The summed E-state index contributed by atoms with van der Waals surface area (Å²) in [6, 6.07) is 7.05. The summed E-state index contributed by atoms with van der Waals surface area (Å²) < 4.78 is 40.1. The van der Waals surface area contributed by atoms with Crippen LogP contribution in [0.1, 0.15) is 9.67 Å². The molecule has 19 heavy (non-hydrogen) atoms. The lowest BCUT2D eigenvalue weighted by atomic mass is 10.1. The molecule has 1 heterocycles. The standard InChI is InChI=1S/C12H8F3NO2S/c13-12(14,15)18-9-3-1-2-7(4-9)8-5-10(11(16)17)19-6-8/h1-6H,(H2,16,17). The van der Waals surface area contributed by atoms with Crippen LogP contribution in [0.25, 0.3) is 11.1 Å². The van der Waals surface area contributed by atoms with Crippen molar-refractivity contribution in [2.24, 2.45) is 5.73 Å². The summed E-state index contributed by atoms with van der Waals surface area (Å²) in [6.07, 6.45) is -4.73. The summed E-state index contributed by atoms with van der Waals surface area (Å²) in [5.41, 5.74) is 6.25. The van der Waals surface area contributed by atoms with Crippen LogP contribution in [0.2, 0.25) is 0 Å². The number of amides is 1. The predicted octanol–water partition coefficient (Wildman–Crippen LogP) is 3.41. The average molecular weight is 287 g/mol. The second-order valence-corrected chi connectivity index (χ2v) is 4.55. The van der Waals surface area contributed by atoms with Crippen molar-refractivity contribution in [1.29, 1.82) is 0 Å². The van der Waals surface area contributed by atoms with Crippen LogP contribution in [-0.2, 0) is 0 Å². The zero-order chi connectivity index (χ0) is 14.0. The number of halogens is 3. The predicted molar refractivity (Wildman–Crippen MR) is 65.0 cm³/mol. The molecular weight excluding hydrogens is 279 g/mol. The minimum absolute atomic E-state index is 0.308. The lowest BCUT2D eigenvalue weighted by Crippen LogP contribution is -2.17. The number of nitrogens with two attached hydrogens (primary N) is 1. The van der Waals surface area contributed by atoms with E-state index in [9.17, 15) is 18.0 Å². The van der Waals surface area contributed by atoms with E-state index in [2.05, 4.69) is 4.74 Å². The van der Waals surface area contributed by atoms with Crippen molar-refractivity contribution in [3.8, 4) is 16.9 Å². The molecule has 2 rings (SSSR count). The number of thiophene rings is 1. The van der Waals surface area contributed by atoms with Crippen molar-refractivity contribution in [3.63, 3.8) is 0 Å². The van der Waals surface area contributed by atoms with Gasteiger partial charge in [0.25, 0.3) is 5.91 Å². The first-order valence-electron chi connectivity index (χ1n) is 5.10. The van der Waals surface area contributed by atoms with Crippen molar-refractivity contribution in [2.75, 3.05) is 0 Å². The van der Waals surface area contributed by atoms with Gasteiger partial charge >= 0.3 is 6.36 Å².